The third-order valence-corrected chi connectivity index (χ3v) is 3.02. The summed E-state index contributed by atoms with van der Waals surface area (Å²) in [7, 11) is 0. The number of fused-ring (bicyclic) bond motifs is 1. The van der Waals surface area contributed by atoms with Gasteiger partial charge in [0, 0.05) is 18.3 Å². The Labute approximate surface area is 84.1 Å². The first-order valence-electron chi connectivity index (χ1n) is 4.76. The molecule has 1 nitrogen and oxygen atoms in total. The monoisotopic (exact) mass is 195 g/mol. The van der Waals surface area contributed by atoms with Crippen LogP contribution in [-0.2, 0) is 6.42 Å². The summed E-state index contributed by atoms with van der Waals surface area (Å²) in [6.07, 6.45) is 1.13. The lowest BCUT2D eigenvalue weighted by Crippen LogP contribution is -2.20. The number of alkyl halides is 1. The molecule has 0 saturated carbocycles. The molecule has 0 fully saturated rings. The van der Waals surface area contributed by atoms with E-state index in [1.165, 1.54) is 11.1 Å². The molecule has 13 heavy (non-hydrogen) atoms. The average molecular weight is 196 g/mol. The van der Waals surface area contributed by atoms with Crippen molar-refractivity contribution < 1.29 is 0 Å². The topological polar surface area (TPSA) is 12.0 Å². The lowest BCUT2D eigenvalue weighted by atomic mass is 9.95. The van der Waals surface area contributed by atoms with Crippen molar-refractivity contribution >= 4 is 11.6 Å². The van der Waals surface area contributed by atoms with Gasteiger partial charge in [0.05, 0.1) is 0 Å². The van der Waals surface area contributed by atoms with Gasteiger partial charge in [-0.3, -0.25) is 0 Å². The van der Waals surface area contributed by atoms with Gasteiger partial charge < -0.3 is 5.32 Å². The smallest absolute Gasteiger partial charge is 0.0304 e. The lowest BCUT2D eigenvalue weighted by molar-refractivity contribution is 0.647. The van der Waals surface area contributed by atoms with Crippen LogP contribution in [0.2, 0.25) is 0 Å². The van der Waals surface area contributed by atoms with Crippen molar-refractivity contribution in [3.8, 4) is 0 Å². The second-order valence-electron chi connectivity index (χ2n) is 3.50. The predicted octanol–water partition coefficient (Wildman–Crippen LogP) is 2.15. The van der Waals surface area contributed by atoms with Crippen molar-refractivity contribution in [2.24, 2.45) is 0 Å². The molecule has 1 heterocycles. The second kappa shape index (κ2) is 4.12. The van der Waals surface area contributed by atoms with E-state index in [9.17, 15) is 0 Å². The maximum atomic E-state index is 5.94. The minimum Gasteiger partial charge on any atom is -0.316 e. The fourth-order valence-corrected chi connectivity index (χ4v) is 2.18. The molecule has 1 aromatic rings. The van der Waals surface area contributed by atoms with Gasteiger partial charge in [0.2, 0.25) is 0 Å². The summed E-state index contributed by atoms with van der Waals surface area (Å²) in [5, 5.41) is 3.41. The molecule has 1 aromatic carbocycles. The molecule has 0 aromatic heterocycles. The summed E-state index contributed by atoms with van der Waals surface area (Å²) < 4.78 is 0. The molecule has 1 aliphatic rings. The minimum absolute atomic E-state index is 0.486. The Morgan fingerprint density at radius 3 is 3.08 bits per heavy atom. The Morgan fingerprint density at radius 2 is 2.23 bits per heavy atom. The molecule has 0 spiro atoms. The van der Waals surface area contributed by atoms with Crippen LogP contribution >= 0.6 is 11.6 Å². The van der Waals surface area contributed by atoms with Gasteiger partial charge in [-0.15, -0.1) is 11.6 Å². The van der Waals surface area contributed by atoms with E-state index in [0.717, 1.165) is 19.5 Å². The van der Waals surface area contributed by atoms with E-state index in [1.807, 2.05) is 0 Å². The zero-order valence-corrected chi connectivity index (χ0v) is 8.35. The average Bonchev–Trinajstić information content (AvgIpc) is 2.39. The van der Waals surface area contributed by atoms with E-state index in [1.54, 1.807) is 0 Å². The van der Waals surface area contributed by atoms with E-state index in [0.29, 0.717) is 11.8 Å². The van der Waals surface area contributed by atoms with Crippen LogP contribution < -0.4 is 5.32 Å². The molecule has 1 aliphatic heterocycles. The van der Waals surface area contributed by atoms with Crippen LogP contribution in [0.4, 0.5) is 0 Å². The number of nitrogens with one attached hydrogen (secondary N) is 1. The van der Waals surface area contributed by atoms with Crippen LogP contribution in [0.15, 0.2) is 24.3 Å². The molecule has 0 unspecified atom stereocenters. The van der Waals surface area contributed by atoms with Gasteiger partial charge in [0.1, 0.15) is 0 Å². The van der Waals surface area contributed by atoms with E-state index in [4.69, 9.17) is 11.6 Å². The highest BCUT2D eigenvalue weighted by atomic mass is 35.5. The van der Waals surface area contributed by atoms with Crippen LogP contribution in [0, 0.1) is 0 Å². The Bertz CT molecular complexity index is 285. The van der Waals surface area contributed by atoms with Crippen LogP contribution in [0.25, 0.3) is 0 Å². The molecule has 0 radical (unpaired) electrons. The van der Waals surface area contributed by atoms with Crippen LogP contribution in [0.5, 0.6) is 0 Å². The van der Waals surface area contributed by atoms with Crippen molar-refractivity contribution in [1.29, 1.82) is 0 Å². The van der Waals surface area contributed by atoms with Gasteiger partial charge in [-0.1, -0.05) is 24.3 Å². The molecule has 0 bridgehead atoms. The summed E-state index contributed by atoms with van der Waals surface area (Å²) in [6, 6.07) is 8.62. The zero-order valence-electron chi connectivity index (χ0n) is 7.59. The molecule has 70 valence electrons. The van der Waals surface area contributed by atoms with Gasteiger partial charge in [0.25, 0.3) is 0 Å². The first-order chi connectivity index (χ1) is 6.42. The maximum absolute atomic E-state index is 5.94. The second-order valence-corrected chi connectivity index (χ2v) is 3.81. The summed E-state index contributed by atoms with van der Waals surface area (Å²) >= 11 is 5.94. The molecular formula is C11H14ClN. The van der Waals surface area contributed by atoms with Crippen molar-refractivity contribution in [3.05, 3.63) is 35.4 Å². The van der Waals surface area contributed by atoms with Gasteiger partial charge in [-0.25, -0.2) is 0 Å². The molecule has 0 saturated heterocycles. The lowest BCUT2D eigenvalue weighted by Gasteiger charge is -2.13. The highest BCUT2D eigenvalue weighted by Gasteiger charge is 2.16. The largest absolute Gasteiger partial charge is 0.316 e. The number of hydrogen-bond donors (Lipinski definition) is 1. The fraction of sp³-hybridized carbons (Fsp3) is 0.455. The Morgan fingerprint density at radius 1 is 1.38 bits per heavy atom. The normalized spacial score (nSPS) is 22.1. The van der Waals surface area contributed by atoms with Crippen LogP contribution in [0.1, 0.15) is 17.0 Å². The summed E-state index contributed by atoms with van der Waals surface area (Å²) in [5.41, 5.74) is 2.89. The number of rotatable bonds is 1. The fourth-order valence-electron chi connectivity index (χ4n) is 1.91. The van der Waals surface area contributed by atoms with Crippen molar-refractivity contribution in [2.75, 3.05) is 19.0 Å². The number of halogens is 1. The van der Waals surface area contributed by atoms with Gasteiger partial charge in [0.15, 0.2) is 0 Å². The van der Waals surface area contributed by atoms with Gasteiger partial charge >= 0.3 is 0 Å². The molecule has 2 rings (SSSR count). The SMILES string of the molecule is ClC[C@H]1CNCCc2ccccc21. The number of benzene rings is 1. The maximum Gasteiger partial charge on any atom is 0.0304 e. The molecule has 1 N–H and O–H groups in total. The zero-order chi connectivity index (χ0) is 9.10. The molecular weight excluding hydrogens is 182 g/mol. The Balaban J connectivity index is 2.35. The van der Waals surface area contributed by atoms with E-state index < -0.39 is 0 Å². The Hall–Kier alpha value is -0.530. The van der Waals surface area contributed by atoms with Crippen molar-refractivity contribution in [1.82, 2.24) is 5.32 Å². The van der Waals surface area contributed by atoms with E-state index in [-0.39, 0.29) is 0 Å². The molecule has 1 atom stereocenters. The van der Waals surface area contributed by atoms with Gasteiger partial charge in [-0.05, 0) is 24.1 Å². The molecule has 0 aliphatic carbocycles. The summed E-state index contributed by atoms with van der Waals surface area (Å²) in [4.78, 5) is 0. The quantitative estimate of drug-likeness (QED) is 0.678. The highest BCUT2D eigenvalue weighted by molar-refractivity contribution is 6.18. The summed E-state index contributed by atoms with van der Waals surface area (Å²) in [6.45, 7) is 2.09. The third kappa shape index (κ3) is 1.87. The van der Waals surface area contributed by atoms with E-state index >= 15 is 0 Å². The van der Waals surface area contributed by atoms with E-state index in [2.05, 4.69) is 29.6 Å². The summed E-state index contributed by atoms with van der Waals surface area (Å²) in [5.74, 6) is 1.20. The molecule has 0 amide bonds. The first-order valence-corrected chi connectivity index (χ1v) is 5.29. The molecule has 2 heteroatoms. The highest BCUT2D eigenvalue weighted by Crippen LogP contribution is 2.23. The van der Waals surface area contributed by atoms with Crippen LogP contribution in [-0.4, -0.2) is 19.0 Å². The minimum atomic E-state index is 0.486. The third-order valence-electron chi connectivity index (χ3n) is 2.64. The first kappa shape index (κ1) is 9.04. The Kier molecular flexibility index (Phi) is 2.87. The van der Waals surface area contributed by atoms with Crippen molar-refractivity contribution in [2.45, 2.75) is 12.3 Å². The predicted molar refractivity (Wildman–Crippen MR) is 56.5 cm³/mol. The van der Waals surface area contributed by atoms with Gasteiger partial charge in [-0.2, -0.15) is 0 Å². The van der Waals surface area contributed by atoms with Crippen molar-refractivity contribution in [3.63, 3.8) is 0 Å². The van der Waals surface area contributed by atoms with Crippen LogP contribution in [0.3, 0.4) is 0 Å². The number of hydrogen-bond acceptors (Lipinski definition) is 1. The standard InChI is InChI=1S/C11H14ClN/c12-7-10-8-13-6-5-9-3-1-2-4-11(9)10/h1-4,10,13H,5-8H2/t10-/m0/s1.